The summed E-state index contributed by atoms with van der Waals surface area (Å²) < 4.78 is 25.2. The molecule has 2 N–H and O–H groups in total. The first-order valence-electron chi connectivity index (χ1n) is 19.1. The fourth-order valence-electron chi connectivity index (χ4n) is 6.31. The Balaban J connectivity index is 0.000000190. The van der Waals surface area contributed by atoms with Crippen LogP contribution >= 0.6 is 46.4 Å². The number of carbonyl (C=O) groups excluding carboxylic acids is 2. The van der Waals surface area contributed by atoms with Gasteiger partial charge in [0.1, 0.15) is 32.3 Å². The van der Waals surface area contributed by atoms with E-state index in [-0.39, 0.29) is 49.4 Å². The zero-order valence-corrected chi connectivity index (χ0v) is 36.6. The van der Waals surface area contributed by atoms with Crippen LogP contribution in [0.15, 0.2) is 121 Å². The molecular formula is C47H36Cl4N4O8. The Bertz CT molecular complexity index is 2950. The lowest BCUT2D eigenvalue weighted by molar-refractivity contribution is 0.0695. The van der Waals surface area contributed by atoms with Gasteiger partial charge in [-0.2, -0.15) is 0 Å². The van der Waals surface area contributed by atoms with Crippen molar-refractivity contribution in [3.63, 3.8) is 0 Å². The molecule has 0 aliphatic rings. The molecule has 8 rings (SSSR count). The topological polar surface area (TPSA) is 155 Å². The second-order valence-corrected chi connectivity index (χ2v) is 15.6. The minimum Gasteiger partial charge on any atom is -0.485 e. The number of hydrogen-bond acceptors (Lipinski definition) is 9. The van der Waals surface area contributed by atoms with E-state index in [9.17, 15) is 19.5 Å². The van der Waals surface area contributed by atoms with Crippen molar-refractivity contribution in [3.05, 3.63) is 175 Å². The van der Waals surface area contributed by atoms with Gasteiger partial charge in [-0.1, -0.05) is 82.8 Å². The zero-order valence-electron chi connectivity index (χ0n) is 33.5. The third-order valence-electron chi connectivity index (χ3n) is 9.44. The Labute approximate surface area is 380 Å². The number of aromatic carboxylic acids is 1. The molecule has 0 saturated carbocycles. The second-order valence-electron chi connectivity index (χ2n) is 13.9. The van der Waals surface area contributed by atoms with Gasteiger partial charge in [0.15, 0.2) is 34.6 Å². The van der Waals surface area contributed by atoms with E-state index in [0.29, 0.717) is 71.1 Å². The number of hydrogen-bond donors (Lipinski definition) is 2. The Morgan fingerprint density at radius 2 is 1.13 bits per heavy atom. The molecule has 0 saturated heterocycles. The molecule has 0 fully saturated rings. The van der Waals surface area contributed by atoms with E-state index in [4.69, 9.17) is 65.4 Å². The van der Waals surface area contributed by atoms with Crippen LogP contribution in [0.1, 0.15) is 62.1 Å². The third kappa shape index (κ3) is 11.1. The molecule has 16 heteroatoms. The summed E-state index contributed by atoms with van der Waals surface area (Å²) in [4.78, 5) is 47.7. The Kier molecular flexibility index (Phi) is 14.2. The maximum absolute atomic E-state index is 12.2. The standard InChI is InChI=1S/C25H20Cl2N2O4.C22H16Cl2N2O4/c1-15(30)17-8-10-23(24(11-17)32-13-18-7-9-19(26)12-20(18)27)33-14-25-28-21-5-3-4-6-22(21)29(25)16(2)31;23-15-7-5-14(16(24)10-15)11-29-20-9-13(22(27)28)6-8-19(20)30-12-21-25-17-3-1-2-4-18(17)26-21/h3-12H,13-14H2,1-2H3;1-10H,11-12H2,(H,25,26)(H,27,28). The molecule has 320 valence electrons. The van der Waals surface area contributed by atoms with E-state index in [0.717, 1.165) is 16.6 Å². The van der Waals surface area contributed by atoms with E-state index in [1.54, 1.807) is 60.7 Å². The number of imidazole rings is 2. The molecule has 0 aliphatic heterocycles. The van der Waals surface area contributed by atoms with E-state index in [1.807, 2.05) is 48.5 Å². The number of rotatable bonds is 14. The number of ketones is 1. The summed E-state index contributed by atoms with van der Waals surface area (Å²) in [6.45, 7) is 3.43. The summed E-state index contributed by atoms with van der Waals surface area (Å²) in [5.74, 6) is 1.25. The SMILES string of the molecule is CC(=O)c1ccc(OCc2nc3ccccc3n2C(C)=O)c(OCc2ccc(Cl)cc2Cl)c1.O=C(O)c1ccc(OCc2nc3ccccc3[nH]2)c(OCc2ccc(Cl)cc2Cl)c1. The number of para-hydroxylation sites is 4. The minimum absolute atomic E-state index is 0.0335. The van der Waals surface area contributed by atoms with Gasteiger partial charge in [0.2, 0.25) is 5.91 Å². The van der Waals surface area contributed by atoms with Crippen LogP contribution in [-0.4, -0.2) is 42.3 Å². The van der Waals surface area contributed by atoms with Gasteiger partial charge in [-0.25, -0.2) is 14.8 Å². The van der Waals surface area contributed by atoms with Crippen molar-refractivity contribution in [2.75, 3.05) is 0 Å². The lowest BCUT2D eigenvalue weighted by Gasteiger charge is -2.15. The van der Waals surface area contributed by atoms with Crippen LogP contribution in [-0.2, 0) is 26.4 Å². The number of nitrogens with zero attached hydrogens (tertiary/aromatic N) is 3. The number of aromatic amines is 1. The van der Waals surface area contributed by atoms with E-state index in [1.165, 1.54) is 30.5 Å². The number of halogens is 4. The first-order chi connectivity index (χ1) is 30.3. The van der Waals surface area contributed by atoms with Gasteiger partial charge in [-0.3, -0.25) is 14.2 Å². The zero-order chi connectivity index (χ0) is 44.6. The Morgan fingerprint density at radius 1 is 0.587 bits per heavy atom. The molecule has 2 aromatic heterocycles. The number of ether oxygens (including phenoxy) is 4. The lowest BCUT2D eigenvalue weighted by Crippen LogP contribution is -2.12. The normalized spacial score (nSPS) is 10.9. The van der Waals surface area contributed by atoms with Gasteiger partial charge >= 0.3 is 5.97 Å². The monoisotopic (exact) mass is 924 g/mol. The van der Waals surface area contributed by atoms with Crippen LogP contribution in [0.2, 0.25) is 20.1 Å². The molecule has 0 spiro atoms. The molecule has 0 unspecified atom stereocenters. The summed E-state index contributed by atoms with van der Waals surface area (Å²) in [6.07, 6.45) is 0. The molecule has 0 bridgehead atoms. The summed E-state index contributed by atoms with van der Waals surface area (Å²) in [5, 5.41) is 11.3. The van der Waals surface area contributed by atoms with Crippen molar-refractivity contribution in [1.82, 2.24) is 19.5 Å². The number of H-pyrrole nitrogens is 1. The quantitative estimate of drug-likeness (QED) is 0.101. The fourth-order valence-corrected chi connectivity index (χ4v) is 7.23. The summed E-state index contributed by atoms with van der Waals surface area (Å²) in [5.41, 5.74) is 5.18. The first kappa shape index (κ1) is 44.5. The molecule has 8 aromatic rings. The van der Waals surface area contributed by atoms with E-state index in [2.05, 4.69) is 15.0 Å². The largest absolute Gasteiger partial charge is 0.485 e. The van der Waals surface area contributed by atoms with Crippen molar-refractivity contribution < 1.29 is 38.4 Å². The van der Waals surface area contributed by atoms with Crippen molar-refractivity contribution in [1.29, 1.82) is 0 Å². The average molecular weight is 927 g/mol. The van der Waals surface area contributed by atoms with E-state index >= 15 is 0 Å². The Hall–Kier alpha value is -6.57. The molecule has 0 amide bonds. The predicted molar refractivity (Wildman–Crippen MR) is 242 cm³/mol. The maximum Gasteiger partial charge on any atom is 0.335 e. The Morgan fingerprint density at radius 3 is 1.70 bits per heavy atom. The number of benzene rings is 6. The molecular weight excluding hydrogens is 890 g/mol. The van der Waals surface area contributed by atoms with E-state index < -0.39 is 5.97 Å². The number of carboxylic acid groups (broad SMARTS) is 1. The number of carboxylic acids is 1. The summed E-state index contributed by atoms with van der Waals surface area (Å²) in [6, 6.07) is 34.6. The van der Waals surface area contributed by atoms with Gasteiger partial charge < -0.3 is 29.0 Å². The highest BCUT2D eigenvalue weighted by atomic mass is 35.5. The molecule has 2 heterocycles. The van der Waals surface area contributed by atoms with Crippen molar-refractivity contribution in [2.45, 2.75) is 40.3 Å². The molecule has 0 atom stereocenters. The highest BCUT2D eigenvalue weighted by Gasteiger charge is 2.18. The molecule has 0 radical (unpaired) electrons. The second kappa shape index (κ2) is 20.1. The highest BCUT2D eigenvalue weighted by Crippen LogP contribution is 2.33. The van der Waals surface area contributed by atoms with Crippen molar-refractivity contribution in [3.8, 4) is 23.0 Å². The van der Waals surface area contributed by atoms with Crippen LogP contribution in [0.4, 0.5) is 0 Å². The van der Waals surface area contributed by atoms with Crippen LogP contribution < -0.4 is 18.9 Å². The first-order valence-corrected chi connectivity index (χ1v) is 20.7. The van der Waals surface area contributed by atoms with Crippen LogP contribution in [0.25, 0.3) is 22.1 Å². The number of Topliss-reactive ketones (excluding diaryl/α,β-unsaturated/α-hetero) is 1. The average Bonchev–Trinajstić information content (AvgIpc) is 3.86. The number of nitrogens with one attached hydrogen (secondary N) is 1. The smallest absolute Gasteiger partial charge is 0.335 e. The van der Waals surface area contributed by atoms with Gasteiger partial charge in [-0.05, 0) is 91.9 Å². The van der Waals surface area contributed by atoms with Crippen LogP contribution in [0, 0.1) is 0 Å². The molecule has 0 aliphatic carbocycles. The lowest BCUT2D eigenvalue weighted by atomic mass is 10.1. The van der Waals surface area contributed by atoms with Crippen LogP contribution in [0.3, 0.4) is 0 Å². The third-order valence-corrected chi connectivity index (χ3v) is 10.6. The van der Waals surface area contributed by atoms with Gasteiger partial charge in [-0.15, -0.1) is 0 Å². The van der Waals surface area contributed by atoms with Crippen LogP contribution in [0.5, 0.6) is 23.0 Å². The summed E-state index contributed by atoms with van der Waals surface area (Å²) in [7, 11) is 0. The predicted octanol–water partition coefficient (Wildman–Crippen LogP) is 12.1. The van der Waals surface area contributed by atoms with Gasteiger partial charge in [0.25, 0.3) is 0 Å². The summed E-state index contributed by atoms with van der Waals surface area (Å²) >= 11 is 24.3. The number of fused-ring (bicyclic) bond motifs is 2. The maximum atomic E-state index is 12.2. The molecule has 63 heavy (non-hydrogen) atoms. The number of carbonyl (C=O) groups is 3. The van der Waals surface area contributed by atoms with Crippen molar-refractivity contribution in [2.24, 2.45) is 0 Å². The van der Waals surface area contributed by atoms with Crippen molar-refractivity contribution >= 4 is 86.1 Å². The molecule has 6 aromatic carbocycles. The van der Waals surface area contributed by atoms with Gasteiger partial charge in [0, 0.05) is 43.7 Å². The molecule has 12 nitrogen and oxygen atoms in total. The highest BCUT2D eigenvalue weighted by molar-refractivity contribution is 6.35. The number of aromatic nitrogens is 4. The minimum atomic E-state index is -1.06. The van der Waals surface area contributed by atoms with Gasteiger partial charge in [0.05, 0.1) is 27.6 Å². The fraction of sp³-hybridized carbons (Fsp3) is 0.128.